The molecule has 0 aliphatic carbocycles. The predicted molar refractivity (Wildman–Crippen MR) is 34.7 cm³/mol. The summed E-state index contributed by atoms with van der Waals surface area (Å²) in [6, 6.07) is 0. The third-order valence-electron chi connectivity index (χ3n) is 2.12. The Labute approximate surface area is 59.9 Å². The third kappa shape index (κ3) is 0.856. The fourth-order valence-corrected chi connectivity index (χ4v) is 1.62. The van der Waals surface area contributed by atoms with Crippen LogP contribution in [0.15, 0.2) is 0 Å². The van der Waals surface area contributed by atoms with Gasteiger partial charge in [-0.2, -0.15) is 0 Å². The summed E-state index contributed by atoms with van der Waals surface area (Å²) in [5, 5.41) is 9.51. The van der Waals surface area contributed by atoms with Crippen LogP contribution in [0.5, 0.6) is 0 Å². The van der Waals surface area contributed by atoms with E-state index in [1.807, 2.05) is 0 Å². The van der Waals surface area contributed by atoms with Gasteiger partial charge in [-0.05, 0) is 6.92 Å². The molecule has 2 saturated heterocycles. The summed E-state index contributed by atoms with van der Waals surface area (Å²) in [6.45, 7) is 3.57. The first-order valence-electron chi connectivity index (χ1n) is 3.56. The fourth-order valence-electron chi connectivity index (χ4n) is 1.62. The van der Waals surface area contributed by atoms with Gasteiger partial charge in [0.25, 0.3) is 0 Å². The SMILES string of the molecule is CC1(O)COC2(COC2)C1. The second-order valence-corrected chi connectivity index (χ2v) is 3.64. The third-order valence-corrected chi connectivity index (χ3v) is 2.12. The quantitative estimate of drug-likeness (QED) is 0.517. The van der Waals surface area contributed by atoms with E-state index in [9.17, 15) is 5.11 Å². The number of rotatable bonds is 0. The van der Waals surface area contributed by atoms with Gasteiger partial charge in [0.1, 0.15) is 5.60 Å². The maximum absolute atomic E-state index is 9.51. The van der Waals surface area contributed by atoms with E-state index in [-0.39, 0.29) is 5.60 Å². The lowest BCUT2D eigenvalue weighted by molar-refractivity contribution is -0.184. The highest BCUT2D eigenvalue weighted by Crippen LogP contribution is 2.37. The van der Waals surface area contributed by atoms with Gasteiger partial charge in [-0.25, -0.2) is 0 Å². The van der Waals surface area contributed by atoms with Crippen LogP contribution >= 0.6 is 0 Å². The van der Waals surface area contributed by atoms with Crippen molar-refractivity contribution in [1.82, 2.24) is 0 Å². The Morgan fingerprint density at radius 2 is 2.00 bits per heavy atom. The topological polar surface area (TPSA) is 38.7 Å². The van der Waals surface area contributed by atoms with Gasteiger partial charge in [-0.1, -0.05) is 0 Å². The van der Waals surface area contributed by atoms with Crippen molar-refractivity contribution in [2.45, 2.75) is 24.5 Å². The summed E-state index contributed by atoms with van der Waals surface area (Å²) >= 11 is 0. The number of hydrogen-bond acceptors (Lipinski definition) is 3. The van der Waals surface area contributed by atoms with Gasteiger partial charge in [0.05, 0.1) is 25.4 Å². The van der Waals surface area contributed by atoms with Gasteiger partial charge in [0, 0.05) is 6.42 Å². The maximum Gasteiger partial charge on any atom is 0.118 e. The summed E-state index contributed by atoms with van der Waals surface area (Å²) in [4.78, 5) is 0. The Kier molecular flexibility index (Phi) is 1.14. The van der Waals surface area contributed by atoms with Crippen LogP contribution in [0.1, 0.15) is 13.3 Å². The fraction of sp³-hybridized carbons (Fsp3) is 1.00. The van der Waals surface area contributed by atoms with Crippen LogP contribution in [0.4, 0.5) is 0 Å². The minimum Gasteiger partial charge on any atom is -0.388 e. The van der Waals surface area contributed by atoms with Crippen LogP contribution in [-0.4, -0.2) is 36.1 Å². The molecule has 1 N–H and O–H groups in total. The largest absolute Gasteiger partial charge is 0.388 e. The standard InChI is InChI=1S/C7H12O3/c1-6(8)2-7(10-3-6)4-9-5-7/h8H,2-5H2,1H3. The van der Waals surface area contributed by atoms with Crippen LogP contribution in [-0.2, 0) is 9.47 Å². The van der Waals surface area contributed by atoms with E-state index in [0.29, 0.717) is 19.8 Å². The number of hydrogen-bond donors (Lipinski definition) is 1. The first kappa shape index (κ1) is 6.58. The van der Waals surface area contributed by atoms with Crippen LogP contribution in [0.25, 0.3) is 0 Å². The van der Waals surface area contributed by atoms with E-state index in [0.717, 1.165) is 6.42 Å². The Morgan fingerprint density at radius 3 is 2.20 bits per heavy atom. The molecule has 2 heterocycles. The highest BCUT2D eigenvalue weighted by atomic mass is 16.6. The Balaban J connectivity index is 2.05. The molecule has 0 aromatic rings. The van der Waals surface area contributed by atoms with Gasteiger partial charge in [-0.15, -0.1) is 0 Å². The first-order valence-corrected chi connectivity index (χ1v) is 3.56. The zero-order valence-electron chi connectivity index (χ0n) is 6.09. The van der Waals surface area contributed by atoms with Gasteiger partial charge < -0.3 is 14.6 Å². The molecule has 0 bridgehead atoms. The van der Waals surface area contributed by atoms with E-state index in [1.165, 1.54) is 0 Å². The molecule has 58 valence electrons. The van der Waals surface area contributed by atoms with Crippen molar-refractivity contribution in [3.8, 4) is 0 Å². The molecule has 1 unspecified atom stereocenters. The van der Waals surface area contributed by atoms with Gasteiger partial charge >= 0.3 is 0 Å². The van der Waals surface area contributed by atoms with Crippen molar-refractivity contribution in [2.24, 2.45) is 0 Å². The van der Waals surface area contributed by atoms with E-state index in [1.54, 1.807) is 6.92 Å². The van der Waals surface area contributed by atoms with Crippen molar-refractivity contribution >= 4 is 0 Å². The Morgan fingerprint density at radius 1 is 1.30 bits per heavy atom. The molecule has 1 atom stereocenters. The molecule has 2 fully saturated rings. The molecule has 0 radical (unpaired) electrons. The molecular weight excluding hydrogens is 132 g/mol. The second kappa shape index (κ2) is 1.72. The van der Waals surface area contributed by atoms with Gasteiger partial charge in [-0.3, -0.25) is 0 Å². The number of aliphatic hydroxyl groups is 1. The smallest absolute Gasteiger partial charge is 0.118 e. The summed E-state index contributed by atoms with van der Waals surface area (Å²) in [5.74, 6) is 0. The zero-order chi connectivity index (χ0) is 7.24. The zero-order valence-corrected chi connectivity index (χ0v) is 6.09. The molecule has 2 aliphatic heterocycles. The molecule has 10 heavy (non-hydrogen) atoms. The summed E-state index contributed by atoms with van der Waals surface area (Å²) in [5.41, 5.74) is -0.743. The molecule has 2 aliphatic rings. The minimum absolute atomic E-state index is 0.122. The van der Waals surface area contributed by atoms with Crippen molar-refractivity contribution in [3.05, 3.63) is 0 Å². The van der Waals surface area contributed by atoms with Crippen LogP contribution in [0.2, 0.25) is 0 Å². The molecule has 1 spiro atoms. The highest BCUT2D eigenvalue weighted by molar-refractivity contribution is 4.99. The lowest BCUT2D eigenvalue weighted by Crippen LogP contribution is -2.49. The van der Waals surface area contributed by atoms with E-state index in [4.69, 9.17) is 9.47 Å². The van der Waals surface area contributed by atoms with Crippen molar-refractivity contribution in [1.29, 1.82) is 0 Å². The van der Waals surface area contributed by atoms with Gasteiger partial charge in [0.2, 0.25) is 0 Å². The Bertz CT molecular complexity index is 149. The summed E-state index contributed by atoms with van der Waals surface area (Å²) < 4.78 is 10.4. The average Bonchev–Trinajstić information content (AvgIpc) is 2.04. The monoisotopic (exact) mass is 144 g/mol. The molecule has 0 saturated carbocycles. The molecular formula is C7H12O3. The molecule has 3 heteroatoms. The normalized spacial score (nSPS) is 43.8. The molecule has 0 aromatic heterocycles. The minimum atomic E-state index is -0.621. The predicted octanol–water partition coefficient (Wildman–Crippen LogP) is -0.0733. The lowest BCUT2D eigenvalue weighted by Gasteiger charge is -2.36. The van der Waals surface area contributed by atoms with Gasteiger partial charge in [0.15, 0.2) is 0 Å². The van der Waals surface area contributed by atoms with Crippen molar-refractivity contribution < 1.29 is 14.6 Å². The van der Waals surface area contributed by atoms with E-state index >= 15 is 0 Å². The Hall–Kier alpha value is -0.120. The van der Waals surface area contributed by atoms with E-state index in [2.05, 4.69) is 0 Å². The van der Waals surface area contributed by atoms with Crippen molar-refractivity contribution in [2.75, 3.05) is 19.8 Å². The van der Waals surface area contributed by atoms with Crippen LogP contribution < -0.4 is 0 Å². The summed E-state index contributed by atoms with van der Waals surface area (Å²) in [6.07, 6.45) is 0.722. The summed E-state index contributed by atoms with van der Waals surface area (Å²) in [7, 11) is 0. The maximum atomic E-state index is 9.51. The molecule has 0 aromatic carbocycles. The van der Waals surface area contributed by atoms with E-state index < -0.39 is 5.60 Å². The van der Waals surface area contributed by atoms with Crippen LogP contribution in [0, 0.1) is 0 Å². The average molecular weight is 144 g/mol. The lowest BCUT2D eigenvalue weighted by atomic mass is 9.91. The van der Waals surface area contributed by atoms with Crippen molar-refractivity contribution in [3.63, 3.8) is 0 Å². The number of ether oxygens (including phenoxy) is 2. The molecule has 0 amide bonds. The molecule has 3 nitrogen and oxygen atoms in total. The second-order valence-electron chi connectivity index (χ2n) is 3.64. The van der Waals surface area contributed by atoms with Crippen LogP contribution in [0.3, 0.4) is 0 Å². The first-order chi connectivity index (χ1) is 4.62. The highest BCUT2D eigenvalue weighted by Gasteiger charge is 2.50. The molecule has 2 rings (SSSR count).